The molecule has 5 atom stereocenters. The van der Waals surface area contributed by atoms with E-state index in [2.05, 4.69) is 31.2 Å². The quantitative estimate of drug-likeness (QED) is 0.288. The summed E-state index contributed by atoms with van der Waals surface area (Å²) in [5.74, 6) is -0.592. The fourth-order valence-electron chi connectivity index (χ4n) is 7.18. The van der Waals surface area contributed by atoms with Crippen LogP contribution in [0.5, 0.6) is 5.75 Å². The molecule has 0 N–H and O–H groups in total. The second kappa shape index (κ2) is 9.84. The van der Waals surface area contributed by atoms with Gasteiger partial charge < -0.3 is 9.47 Å². The van der Waals surface area contributed by atoms with Crippen LogP contribution >= 0.6 is 0 Å². The Hall–Kier alpha value is -2.95. The van der Waals surface area contributed by atoms with Crippen molar-refractivity contribution in [3.8, 4) is 5.75 Å². The normalized spacial score (nSPS) is 28.6. The molecule has 5 rings (SSSR count). The van der Waals surface area contributed by atoms with Gasteiger partial charge in [-0.2, -0.15) is 0 Å². The highest BCUT2D eigenvalue weighted by Gasteiger charge is 2.60. The number of carbonyl (C=O) groups is 3. The average molecular weight is 489 g/mol. The molecule has 36 heavy (non-hydrogen) atoms. The van der Waals surface area contributed by atoms with E-state index in [1.54, 1.807) is 6.92 Å². The van der Waals surface area contributed by atoms with Gasteiger partial charge in [0.05, 0.1) is 12.5 Å². The molecule has 0 radical (unpaired) electrons. The first-order valence-corrected chi connectivity index (χ1v) is 13.4. The molecule has 0 heterocycles. The molecule has 3 aliphatic carbocycles. The van der Waals surface area contributed by atoms with Crippen LogP contribution in [0.2, 0.25) is 0 Å². The summed E-state index contributed by atoms with van der Waals surface area (Å²) in [6.07, 6.45) is 5.00. The molecular weight excluding hydrogens is 452 g/mol. The number of ether oxygens (including phenoxy) is 2. The third-order valence-corrected chi connectivity index (χ3v) is 9.08. The zero-order chi connectivity index (χ0) is 25.4. The minimum Gasteiger partial charge on any atom is -0.489 e. The number of fused-ring (bicyclic) bond motifs is 5. The van der Waals surface area contributed by atoms with Crippen LogP contribution in [-0.4, -0.2) is 24.1 Å². The van der Waals surface area contributed by atoms with Gasteiger partial charge in [0.15, 0.2) is 0 Å². The lowest BCUT2D eigenvalue weighted by Crippen LogP contribution is -2.43. The monoisotopic (exact) mass is 488 g/mol. The number of rotatable bonds is 7. The van der Waals surface area contributed by atoms with Crippen LogP contribution in [-0.2, 0) is 38.6 Å². The Labute approximate surface area is 213 Å². The third-order valence-electron chi connectivity index (χ3n) is 9.08. The van der Waals surface area contributed by atoms with E-state index in [-0.39, 0.29) is 18.3 Å². The molecule has 2 saturated carbocycles. The van der Waals surface area contributed by atoms with Gasteiger partial charge in [-0.1, -0.05) is 50.2 Å². The summed E-state index contributed by atoms with van der Waals surface area (Å²) in [7, 11) is 0. The van der Waals surface area contributed by atoms with E-state index < -0.39 is 23.1 Å². The van der Waals surface area contributed by atoms with Gasteiger partial charge in [0.25, 0.3) is 0 Å². The summed E-state index contributed by atoms with van der Waals surface area (Å²) < 4.78 is 11.2. The van der Waals surface area contributed by atoms with Crippen LogP contribution in [0.25, 0.3) is 0 Å². The van der Waals surface area contributed by atoms with Gasteiger partial charge in [-0.3, -0.25) is 9.59 Å². The van der Waals surface area contributed by atoms with Crippen LogP contribution in [0.3, 0.4) is 0 Å². The predicted octanol–water partition coefficient (Wildman–Crippen LogP) is 5.61. The summed E-state index contributed by atoms with van der Waals surface area (Å²) in [5.41, 5.74) is 4.59. The van der Waals surface area contributed by atoms with Crippen LogP contribution in [0.15, 0.2) is 42.5 Å². The van der Waals surface area contributed by atoms with E-state index in [4.69, 9.17) is 9.47 Å². The molecular formula is C31H36O5. The lowest BCUT2D eigenvalue weighted by Gasteiger charge is -2.48. The number of hydrogen-bond acceptors (Lipinski definition) is 5. The number of carbonyl (C=O) groups excluding carboxylic acids is 3. The van der Waals surface area contributed by atoms with Crippen molar-refractivity contribution in [2.24, 2.45) is 23.2 Å². The molecule has 3 aliphatic rings. The van der Waals surface area contributed by atoms with Gasteiger partial charge in [-0.25, -0.2) is 4.79 Å². The summed E-state index contributed by atoms with van der Waals surface area (Å²) in [6, 6.07) is 14.8. The SMILES string of the molecule is CCOC(=O)C(=O)C1CC2C3CCc4cc(OCc5ccccc5)c(CC)cc4C3CCC2(C)C1=O. The van der Waals surface area contributed by atoms with Crippen molar-refractivity contribution < 1.29 is 23.9 Å². The molecule has 0 spiro atoms. The minimum absolute atomic E-state index is 0.0475. The first-order chi connectivity index (χ1) is 17.4. The van der Waals surface area contributed by atoms with E-state index in [0.717, 1.165) is 43.4 Å². The number of Topliss-reactive ketones (excluding diaryl/α,β-unsaturated/α-hetero) is 2. The number of benzene rings is 2. The van der Waals surface area contributed by atoms with E-state index >= 15 is 0 Å². The van der Waals surface area contributed by atoms with E-state index in [1.807, 2.05) is 25.1 Å². The Morgan fingerprint density at radius 3 is 2.58 bits per heavy atom. The Morgan fingerprint density at radius 2 is 1.86 bits per heavy atom. The maximum absolute atomic E-state index is 13.4. The van der Waals surface area contributed by atoms with Crippen LogP contribution in [0, 0.1) is 23.2 Å². The summed E-state index contributed by atoms with van der Waals surface area (Å²) >= 11 is 0. The average Bonchev–Trinajstić information content (AvgIpc) is 3.17. The molecule has 2 aromatic rings. The number of esters is 1. The van der Waals surface area contributed by atoms with Gasteiger partial charge in [0, 0.05) is 5.41 Å². The molecule has 0 saturated heterocycles. The third kappa shape index (κ3) is 4.16. The van der Waals surface area contributed by atoms with Gasteiger partial charge in [-0.05, 0) is 91.5 Å². The number of ketones is 2. The molecule has 5 nitrogen and oxygen atoms in total. The minimum atomic E-state index is -0.862. The fraction of sp³-hybridized carbons (Fsp3) is 0.516. The Balaban J connectivity index is 1.39. The second-order valence-corrected chi connectivity index (χ2v) is 10.9. The number of hydrogen-bond donors (Lipinski definition) is 0. The first kappa shape index (κ1) is 24.7. The highest BCUT2D eigenvalue weighted by molar-refractivity contribution is 6.39. The zero-order valence-electron chi connectivity index (χ0n) is 21.5. The van der Waals surface area contributed by atoms with E-state index in [9.17, 15) is 14.4 Å². The highest BCUT2D eigenvalue weighted by atomic mass is 16.5. The summed E-state index contributed by atoms with van der Waals surface area (Å²) in [6.45, 7) is 6.57. The van der Waals surface area contributed by atoms with E-state index in [0.29, 0.717) is 24.9 Å². The Kier molecular flexibility index (Phi) is 6.76. The molecule has 0 aliphatic heterocycles. The molecule has 0 amide bonds. The molecule has 0 bridgehead atoms. The van der Waals surface area contributed by atoms with Crippen LogP contribution in [0.4, 0.5) is 0 Å². The predicted molar refractivity (Wildman–Crippen MR) is 137 cm³/mol. The molecule has 190 valence electrons. The molecule has 0 aromatic heterocycles. The van der Waals surface area contributed by atoms with Crippen molar-refractivity contribution >= 4 is 17.5 Å². The van der Waals surface area contributed by atoms with Crippen LogP contribution in [0.1, 0.15) is 74.6 Å². The topological polar surface area (TPSA) is 69.7 Å². The fourth-order valence-corrected chi connectivity index (χ4v) is 7.18. The van der Waals surface area contributed by atoms with Gasteiger partial charge in [0.2, 0.25) is 5.78 Å². The van der Waals surface area contributed by atoms with Crippen molar-refractivity contribution in [1.82, 2.24) is 0 Å². The Morgan fingerprint density at radius 1 is 1.08 bits per heavy atom. The van der Waals surface area contributed by atoms with Gasteiger partial charge >= 0.3 is 5.97 Å². The van der Waals surface area contributed by atoms with Crippen LogP contribution < -0.4 is 4.74 Å². The second-order valence-electron chi connectivity index (χ2n) is 10.9. The molecule has 2 fully saturated rings. The molecule has 2 aromatic carbocycles. The molecule has 5 unspecified atom stereocenters. The van der Waals surface area contributed by atoms with Crippen molar-refractivity contribution in [1.29, 1.82) is 0 Å². The zero-order valence-corrected chi connectivity index (χ0v) is 21.5. The maximum Gasteiger partial charge on any atom is 0.375 e. The summed E-state index contributed by atoms with van der Waals surface area (Å²) in [4.78, 5) is 38.3. The Bertz CT molecular complexity index is 1170. The first-order valence-electron chi connectivity index (χ1n) is 13.4. The lowest BCUT2D eigenvalue weighted by molar-refractivity contribution is -0.156. The smallest absolute Gasteiger partial charge is 0.375 e. The van der Waals surface area contributed by atoms with E-state index in [1.165, 1.54) is 16.7 Å². The number of aryl methyl sites for hydroxylation is 2. The van der Waals surface area contributed by atoms with Crippen molar-refractivity contribution in [2.45, 2.75) is 71.8 Å². The van der Waals surface area contributed by atoms with Gasteiger partial charge in [0.1, 0.15) is 18.1 Å². The maximum atomic E-state index is 13.4. The van der Waals surface area contributed by atoms with Gasteiger partial charge in [-0.15, -0.1) is 0 Å². The van der Waals surface area contributed by atoms with Crippen molar-refractivity contribution in [3.63, 3.8) is 0 Å². The van der Waals surface area contributed by atoms with Crippen molar-refractivity contribution in [2.75, 3.05) is 6.61 Å². The largest absolute Gasteiger partial charge is 0.489 e. The summed E-state index contributed by atoms with van der Waals surface area (Å²) in [5, 5.41) is 0. The lowest BCUT2D eigenvalue weighted by atomic mass is 9.55. The van der Waals surface area contributed by atoms with Crippen molar-refractivity contribution in [3.05, 3.63) is 64.7 Å². The standard InChI is InChI=1S/C31H36O5/c1-4-20-15-24-21(16-27(20)36-18-19-9-7-6-8-10-19)11-12-23-22(24)13-14-31(3)26(23)17-25(29(31)33)28(32)30(34)35-5-2/h6-10,15-16,22-23,25-26H,4-5,11-14,17-18H2,1-3H3. The molecule has 5 heteroatoms. The highest BCUT2D eigenvalue weighted by Crippen LogP contribution is 2.61.